The van der Waals surface area contributed by atoms with Crippen LogP contribution in [-0.2, 0) is 19.4 Å². The van der Waals surface area contributed by atoms with Gasteiger partial charge in [0.1, 0.15) is 0 Å². The highest BCUT2D eigenvalue weighted by atomic mass is 16.4. The second-order valence-electron chi connectivity index (χ2n) is 5.37. The summed E-state index contributed by atoms with van der Waals surface area (Å²) >= 11 is 0. The van der Waals surface area contributed by atoms with Crippen LogP contribution < -0.4 is 5.32 Å². The highest BCUT2D eigenvalue weighted by Gasteiger charge is 2.14. The number of aromatic nitrogens is 2. The molecule has 3 rings (SSSR count). The van der Waals surface area contributed by atoms with Gasteiger partial charge in [-0.1, -0.05) is 19.9 Å². The van der Waals surface area contributed by atoms with Crippen LogP contribution >= 0.6 is 0 Å². The summed E-state index contributed by atoms with van der Waals surface area (Å²) in [6, 6.07) is 6.87. The molecule has 0 radical (unpaired) electrons. The molecule has 0 saturated carbocycles. The van der Waals surface area contributed by atoms with E-state index in [1.165, 1.54) is 30.4 Å². The van der Waals surface area contributed by atoms with Crippen LogP contribution in [-0.4, -0.2) is 16.2 Å². The Morgan fingerprint density at radius 2 is 2.05 bits per heavy atom. The molecule has 1 aliphatic rings. The molecule has 1 aromatic carbocycles. The van der Waals surface area contributed by atoms with Gasteiger partial charge in [0.15, 0.2) is 0 Å². The standard InChI is InChI=1S/C15H19N3O/c1-10(2)16-9-14-17-18-15(19-14)13-7-6-11-4-3-5-12(11)8-13/h6-8,10,16H,3-5,9H2,1-2H3. The Labute approximate surface area is 113 Å². The fourth-order valence-electron chi connectivity index (χ4n) is 2.44. The van der Waals surface area contributed by atoms with Gasteiger partial charge < -0.3 is 9.73 Å². The predicted molar refractivity (Wildman–Crippen MR) is 73.7 cm³/mol. The number of rotatable bonds is 4. The molecule has 0 amide bonds. The summed E-state index contributed by atoms with van der Waals surface area (Å²) in [5.41, 5.74) is 3.92. The molecule has 0 saturated heterocycles. The number of fused-ring (bicyclic) bond motifs is 1. The molecule has 0 atom stereocenters. The first-order valence-corrected chi connectivity index (χ1v) is 6.90. The van der Waals surface area contributed by atoms with Gasteiger partial charge in [0.25, 0.3) is 0 Å². The van der Waals surface area contributed by atoms with Crippen LogP contribution in [0.25, 0.3) is 11.5 Å². The van der Waals surface area contributed by atoms with E-state index in [4.69, 9.17) is 4.42 Å². The minimum atomic E-state index is 0.412. The quantitative estimate of drug-likeness (QED) is 0.915. The molecule has 4 heteroatoms. The van der Waals surface area contributed by atoms with Crippen LogP contribution in [0, 0.1) is 0 Å². The molecular weight excluding hydrogens is 238 g/mol. The Kier molecular flexibility index (Phi) is 3.34. The summed E-state index contributed by atoms with van der Waals surface area (Å²) in [6.07, 6.45) is 3.62. The van der Waals surface area contributed by atoms with Crippen molar-refractivity contribution in [1.82, 2.24) is 15.5 Å². The molecule has 100 valence electrons. The number of nitrogens with zero attached hydrogens (tertiary/aromatic N) is 2. The summed E-state index contributed by atoms with van der Waals surface area (Å²) < 4.78 is 5.70. The lowest BCUT2D eigenvalue weighted by Gasteiger charge is -2.03. The number of nitrogens with one attached hydrogen (secondary N) is 1. The SMILES string of the molecule is CC(C)NCc1nnc(-c2ccc3c(c2)CCC3)o1. The Balaban J connectivity index is 1.79. The lowest BCUT2D eigenvalue weighted by Crippen LogP contribution is -2.21. The minimum Gasteiger partial charge on any atom is -0.419 e. The van der Waals surface area contributed by atoms with Gasteiger partial charge in [-0.3, -0.25) is 0 Å². The van der Waals surface area contributed by atoms with E-state index < -0.39 is 0 Å². The molecule has 19 heavy (non-hydrogen) atoms. The lowest BCUT2D eigenvalue weighted by molar-refractivity contribution is 0.459. The van der Waals surface area contributed by atoms with Crippen LogP contribution in [0.2, 0.25) is 0 Å². The van der Waals surface area contributed by atoms with Crippen LogP contribution in [0.4, 0.5) is 0 Å². The van der Waals surface area contributed by atoms with Crippen molar-refractivity contribution < 1.29 is 4.42 Å². The summed E-state index contributed by atoms with van der Waals surface area (Å²) in [7, 11) is 0. The third-order valence-corrected chi connectivity index (χ3v) is 3.47. The smallest absolute Gasteiger partial charge is 0.247 e. The Morgan fingerprint density at radius 3 is 2.89 bits per heavy atom. The Bertz CT molecular complexity index is 575. The number of benzene rings is 1. The largest absolute Gasteiger partial charge is 0.419 e. The minimum absolute atomic E-state index is 0.412. The molecule has 1 aliphatic carbocycles. The topological polar surface area (TPSA) is 51.0 Å². The number of aryl methyl sites for hydroxylation is 2. The van der Waals surface area contributed by atoms with E-state index in [-0.39, 0.29) is 0 Å². The Morgan fingerprint density at radius 1 is 1.21 bits per heavy atom. The second kappa shape index (κ2) is 5.13. The average molecular weight is 257 g/mol. The monoisotopic (exact) mass is 257 g/mol. The van der Waals surface area contributed by atoms with Crippen LogP contribution in [0.3, 0.4) is 0 Å². The van der Waals surface area contributed by atoms with Crippen LogP contribution in [0.5, 0.6) is 0 Å². The van der Waals surface area contributed by atoms with Gasteiger partial charge in [-0.05, 0) is 42.5 Å². The summed E-state index contributed by atoms with van der Waals surface area (Å²) in [5.74, 6) is 1.26. The number of hydrogen-bond donors (Lipinski definition) is 1. The summed E-state index contributed by atoms with van der Waals surface area (Å²) in [6.45, 7) is 4.81. The third-order valence-electron chi connectivity index (χ3n) is 3.47. The molecule has 1 heterocycles. The van der Waals surface area contributed by atoms with Crippen molar-refractivity contribution in [3.63, 3.8) is 0 Å². The summed E-state index contributed by atoms with van der Waals surface area (Å²) in [4.78, 5) is 0. The van der Waals surface area contributed by atoms with E-state index >= 15 is 0 Å². The normalized spacial score (nSPS) is 14.1. The lowest BCUT2D eigenvalue weighted by atomic mass is 10.1. The van der Waals surface area contributed by atoms with Gasteiger partial charge in [0.2, 0.25) is 11.8 Å². The number of hydrogen-bond acceptors (Lipinski definition) is 4. The maximum absolute atomic E-state index is 5.70. The molecule has 0 aliphatic heterocycles. The van der Waals surface area contributed by atoms with Crippen molar-refractivity contribution in [2.75, 3.05) is 0 Å². The first-order chi connectivity index (χ1) is 9.22. The van der Waals surface area contributed by atoms with Crippen molar-refractivity contribution in [2.45, 2.75) is 45.7 Å². The van der Waals surface area contributed by atoms with Crippen molar-refractivity contribution in [1.29, 1.82) is 0 Å². The molecule has 4 nitrogen and oxygen atoms in total. The van der Waals surface area contributed by atoms with Crippen LogP contribution in [0.1, 0.15) is 37.3 Å². The van der Waals surface area contributed by atoms with E-state index in [0.717, 1.165) is 5.56 Å². The molecule has 1 N–H and O–H groups in total. The van der Waals surface area contributed by atoms with Crippen molar-refractivity contribution >= 4 is 0 Å². The van der Waals surface area contributed by atoms with E-state index in [1.54, 1.807) is 0 Å². The van der Waals surface area contributed by atoms with Crippen molar-refractivity contribution in [2.24, 2.45) is 0 Å². The van der Waals surface area contributed by atoms with Gasteiger partial charge in [-0.25, -0.2) is 0 Å². The zero-order valence-corrected chi connectivity index (χ0v) is 11.4. The molecule has 0 spiro atoms. The van der Waals surface area contributed by atoms with Gasteiger partial charge >= 0.3 is 0 Å². The van der Waals surface area contributed by atoms with E-state index in [1.807, 2.05) is 0 Å². The fraction of sp³-hybridized carbons (Fsp3) is 0.467. The molecular formula is C15H19N3O. The fourth-order valence-corrected chi connectivity index (χ4v) is 2.44. The Hall–Kier alpha value is -1.68. The van der Waals surface area contributed by atoms with Gasteiger partial charge in [-0.15, -0.1) is 10.2 Å². The van der Waals surface area contributed by atoms with Crippen molar-refractivity contribution in [3.8, 4) is 11.5 Å². The van der Waals surface area contributed by atoms with Gasteiger partial charge in [0, 0.05) is 11.6 Å². The van der Waals surface area contributed by atoms with Crippen molar-refractivity contribution in [3.05, 3.63) is 35.2 Å². The highest BCUT2D eigenvalue weighted by Crippen LogP contribution is 2.27. The second-order valence-corrected chi connectivity index (χ2v) is 5.37. The predicted octanol–water partition coefficient (Wildman–Crippen LogP) is 2.72. The average Bonchev–Trinajstić information content (AvgIpc) is 3.04. The van der Waals surface area contributed by atoms with Gasteiger partial charge in [0.05, 0.1) is 6.54 Å². The van der Waals surface area contributed by atoms with E-state index in [9.17, 15) is 0 Å². The molecule has 0 fully saturated rings. The highest BCUT2D eigenvalue weighted by molar-refractivity contribution is 5.56. The molecule has 0 unspecified atom stereocenters. The van der Waals surface area contributed by atoms with E-state index in [0.29, 0.717) is 24.4 Å². The third kappa shape index (κ3) is 2.68. The maximum Gasteiger partial charge on any atom is 0.247 e. The first kappa shape index (κ1) is 12.4. The molecule has 1 aromatic heterocycles. The maximum atomic E-state index is 5.70. The molecule has 2 aromatic rings. The summed E-state index contributed by atoms with van der Waals surface area (Å²) in [5, 5.41) is 11.5. The van der Waals surface area contributed by atoms with E-state index in [2.05, 4.69) is 47.6 Å². The zero-order valence-electron chi connectivity index (χ0n) is 11.4. The zero-order chi connectivity index (χ0) is 13.2. The first-order valence-electron chi connectivity index (χ1n) is 6.90. The van der Waals surface area contributed by atoms with Crippen LogP contribution in [0.15, 0.2) is 22.6 Å². The molecule has 0 bridgehead atoms. The van der Waals surface area contributed by atoms with Gasteiger partial charge in [-0.2, -0.15) is 0 Å².